The third-order valence-electron chi connectivity index (χ3n) is 2.37. The number of aryl methyl sites for hydroxylation is 1. The fraction of sp³-hybridized carbons (Fsp3) is 0.231. The molecule has 0 spiro atoms. The van der Waals surface area contributed by atoms with Crippen LogP contribution in [0.3, 0.4) is 0 Å². The SMILES string of the molecule is Cc1cc(CN)nc(Oc2ccccc2OC(F)(F)F)n1. The molecule has 112 valence electrons. The third kappa shape index (κ3) is 4.32. The molecule has 8 heteroatoms. The minimum atomic E-state index is -4.81. The molecule has 0 atom stereocenters. The zero-order valence-electron chi connectivity index (χ0n) is 11.0. The Morgan fingerprint density at radius 2 is 1.81 bits per heavy atom. The van der Waals surface area contributed by atoms with E-state index < -0.39 is 12.1 Å². The molecule has 0 unspecified atom stereocenters. The Morgan fingerprint density at radius 3 is 2.43 bits per heavy atom. The monoisotopic (exact) mass is 299 g/mol. The van der Waals surface area contributed by atoms with E-state index in [4.69, 9.17) is 10.5 Å². The van der Waals surface area contributed by atoms with Crippen molar-refractivity contribution in [3.63, 3.8) is 0 Å². The van der Waals surface area contributed by atoms with Gasteiger partial charge in [0.1, 0.15) is 0 Å². The Kier molecular flexibility index (Phi) is 4.27. The van der Waals surface area contributed by atoms with Gasteiger partial charge in [0.05, 0.1) is 5.69 Å². The van der Waals surface area contributed by atoms with Crippen molar-refractivity contribution in [2.24, 2.45) is 5.73 Å². The molecule has 1 aromatic carbocycles. The predicted molar refractivity (Wildman–Crippen MR) is 67.9 cm³/mol. The van der Waals surface area contributed by atoms with Crippen LogP contribution in [-0.4, -0.2) is 16.3 Å². The number of alkyl halides is 3. The highest BCUT2D eigenvalue weighted by atomic mass is 19.4. The summed E-state index contributed by atoms with van der Waals surface area (Å²) in [5, 5.41) is 0. The van der Waals surface area contributed by atoms with Crippen molar-refractivity contribution in [3.8, 4) is 17.5 Å². The van der Waals surface area contributed by atoms with E-state index in [2.05, 4.69) is 14.7 Å². The summed E-state index contributed by atoms with van der Waals surface area (Å²) in [5.41, 5.74) is 6.59. The first-order valence-electron chi connectivity index (χ1n) is 5.94. The van der Waals surface area contributed by atoms with Gasteiger partial charge in [-0.25, -0.2) is 4.98 Å². The number of halogens is 3. The Labute approximate surface area is 118 Å². The van der Waals surface area contributed by atoms with E-state index in [9.17, 15) is 13.2 Å². The minimum Gasteiger partial charge on any atom is -0.420 e. The zero-order valence-corrected chi connectivity index (χ0v) is 11.0. The quantitative estimate of drug-likeness (QED) is 0.940. The summed E-state index contributed by atoms with van der Waals surface area (Å²) >= 11 is 0. The van der Waals surface area contributed by atoms with Crippen LogP contribution >= 0.6 is 0 Å². The van der Waals surface area contributed by atoms with E-state index in [1.54, 1.807) is 13.0 Å². The topological polar surface area (TPSA) is 70.3 Å². The van der Waals surface area contributed by atoms with Gasteiger partial charge in [0.25, 0.3) is 0 Å². The molecular weight excluding hydrogens is 287 g/mol. The minimum absolute atomic E-state index is 0.0892. The highest BCUT2D eigenvalue weighted by molar-refractivity contribution is 5.41. The van der Waals surface area contributed by atoms with Crippen LogP contribution < -0.4 is 15.2 Å². The van der Waals surface area contributed by atoms with Gasteiger partial charge >= 0.3 is 12.4 Å². The smallest absolute Gasteiger partial charge is 0.420 e. The van der Waals surface area contributed by atoms with Crippen molar-refractivity contribution in [3.05, 3.63) is 41.7 Å². The lowest BCUT2D eigenvalue weighted by atomic mass is 10.3. The molecule has 1 aromatic heterocycles. The molecule has 0 bridgehead atoms. The van der Waals surface area contributed by atoms with Crippen molar-refractivity contribution in [2.75, 3.05) is 0 Å². The summed E-state index contributed by atoms with van der Waals surface area (Å²) in [6.45, 7) is 1.87. The van der Waals surface area contributed by atoms with Gasteiger partial charge < -0.3 is 15.2 Å². The van der Waals surface area contributed by atoms with Gasteiger partial charge in [-0.1, -0.05) is 12.1 Å². The Morgan fingerprint density at radius 1 is 1.14 bits per heavy atom. The number of aromatic nitrogens is 2. The van der Waals surface area contributed by atoms with E-state index in [1.807, 2.05) is 0 Å². The maximum absolute atomic E-state index is 12.3. The average molecular weight is 299 g/mol. The van der Waals surface area contributed by atoms with Gasteiger partial charge in [-0.3, -0.25) is 0 Å². The molecule has 0 aliphatic heterocycles. The molecular formula is C13H12F3N3O2. The number of hydrogen-bond donors (Lipinski definition) is 1. The largest absolute Gasteiger partial charge is 0.573 e. The number of benzene rings is 1. The molecule has 2 rings (SSSR count). The second kappa shape index (κ2) is 5.96. The van der Waals surface area contributed by atoms with Crippen LogP contribution in [0.2, 0.25) is 0 Å². The van der Waals surface area contributed by atoms with Gasteiger partial charge in [0, 0.05) is 12.2 Å². The molecule has 0 saturated heterocycles. The number of ether oxygens (including phenoxy) is 2. The van der Waals surface area contributed by atoms with Gasteiger partial charge in [-0.15, -0.1) is 13.2 Å². The average Bonchev–Trinajstić information content (AvgIpc) is 2.38. The molecule has 0 saturated carbocycles. The van der Waals surface area contributed by atoms with Crippen LogP contribution in [0.5, 0.6) is 17.5 Å². The van der Waals surface area contributed by atoms with E-state index in [-0.39, 0.29) is 18.3 Å². The van der Waals surface area contributed by atoms with Crippen LogP contribution in [0.4, 0.5) is 13.2 Å². The van der Waals surface area contributed by atoms with Crippen molar-refractivity contribution >= 4 is 0 Å². The second-order valence-electron chi connectivity index (χ2n) is 4.08. The molecule has 1 heterocycles. The lowest BCUT2D eigenvalue weighted by molar-refractivity contribution is -0.275. The number of rotatable bonds is 4. The normalized spacial score (nSPS) is 11.3. The Balaban J connectivity index is 2.29. The lowest BCUT2D eigenvalue weighted by Gasteiger charge is -2.13. The van der Waals surface area contributed by atoms with E-state index >= 15 is 0 Å². The van der Waals surface area contributed by atoms with E-state index in [0.29, 0.717) is 11.4 Å². The molecule has 0 aliphatic rings. The summed E-state index contributed by atoms with van der Waals surface area (Å²) in [6.07, 6.45) is -4.81. The van der Waals surface area contributed by atoms with Crippen molar-refractivity contribution in [1.82, 2.24) is 9.97 Å². The Bertz CT molecular complexity index is 632. The maximum Gasteiger partial charge on any atom is 0.573 e. The first-order chi connectivity index (χ1) is 9.87. The maximum atomic E-state index is 12.3. The summed E-state index contributed by atoms with van der Waals surface area (Å²) in [5.74, 6) is -0.604. The van der Waals surface area contributed by atoms with Crippen LogP contribution in [0.15, 0.2) is 30.3 Å². The third-order valence-corrected chi connectivity index (χ3v) is 2.37. The van der Waals surface area contributed by atoms with E-state index in [0.717, 1.165) is 6.07 Å². The van der Waals surface area contributed by atoms with E-state index in [1.165, 1.54) is 18.2 Å². The molecule has 2 aromatic rings. The molecule has 2 N–H and O–H groups in total. The van der Waals surface area contributed by atoms with Gasteiger partial charge in [0.2, 0.25) is 0 Å². The fourth-order valence-corrected chi connectivity index (χ4v) is 1.60. The standard InChI is InChI=1S/C13H12F3N3O2/c1-8-6-9(7-17)19-12(18-8)20-10-4-2-3-5-11(10)21-13(14,15)16/h2-6H,7,17H2,1H3. The molecule has 0 aliphatic carbocycles. The molecule has 21 heavy (non-hydrogen) atoms. The molecule has 0 radical (unpaired) electrons. The predicted octanol–water partition coefficient (Wildman–Crippen LogP) is 2.93. The van der Waals surface area contributed by atoms with Crippen molar-refractivity contribution in [1.29, 1.82) is 0 Å². The summed E-state index contributed by atoms with van der Waals surface area (Å²) in [6, 6.07) is 6.95. The summed E-state index contributed by atoms with van der Waals surface area (Å²) in [7, 11) is 0. The zero-order chi connectivity index (χ0) is 15.5. The van der Waals surface area contributed by atoms with Crippen LogP contribution in [0.1, 0.15) is 11.4 Å². The number of nitrogens with two attached hydrogens (primary N) is 1. The molecule has 5 nitrogen and oxygen atoms in total. The van der Waals surface area contributed by atoms with Crippen molar-refractivity contribution in [2.45, 2.75) is 19.8 Å². The fourth-order valence-electron chi connectivity index (χ4n) is 1.60. The van der Waals surface area contributed by atoms with Crippen LogP contribution in [-0.2, 0) is 6.54 Å². The highest BCUT2D eigenvalue weighted by Gasteiger charge is 2.32. The van der Waals surface area contributed by atoms with Gasteiger partial charge in [0.15, 0.2) is 11.5 Å². The van der Waals surface area contributed by atoms with Gasteiger partial charge in [-0.05, 0) is 25.1 Å². The van der Waals surface area contributed by atoms with Crippen LogP contribution in [0.25, 0.3) is 0 Å². The Hall–Kier alpha value is -2.35. The lowest BCUT2D eigenvalue weighted by Crippen LogP contribution is -2.17. The first kappa shape index (κ1) is 15.0. The van der Waals surface area contributed by atoms with Gasteiger partial charge in [-0.2, -0.15) is 4.98 Å². The second-order valence-corrected chi connectivity index (χ2v) is 4.08. The first-order valence-corrected chi connectivity index (χ1v) is 5.94. The van der Waals surface area contributed by atoms with Crippen LogP contribution in [0, 0.1) is 6.92 Å². The number of hydrogen-bond acceptors (Lipinski definition) is 5. The highest BCUT2D eigenvalue weighted by Crippen LogP contribution is 2.33. The molecule has 0 amide bonds. The molecule has 0 fully saturated rings. The number of para-hydroxylation sites is 2. The number of nitrogens with zero attached hydrogens (tertiary/aromatic N) is 2. The summed E-state index contributed by atoms with van der Waals surface area (Å²) in [4.78, 5) is 7.98. The van der Waals surface area contributed by atoms with Crippen molar-refractivity contribution < 1.29 is 22.6 Å². The summed E-state index contributed by atoms with van der Waals surface area (Å²) < 4.78 is 46.1.